The monoisotopic (exact) mass is 580 g/mol. The normalized spacial score (nSPS) is 15.2. The van der Waals surface area contributed by atoms with Gasteiger partial charge in [-0.05, 0) is 53.7 Å². The number of rotatable bonds is 2. The van der Waals surface area contributed by atoms with Crippen LogP contribution in [0.25, 0.3) is 22.0 Å². The fraction of sp³-hybridized carbons (Fsp3) is 0.286. The van der Waals surface area contributed by atoms with E-state index in [-0.39, 0.29) is 32.4 Å². The van der Waals surface area contributed by atoms with Crippen molar-refractivity contribution in [1.82, 2.24) is 0 Å². The summed E-state index contributed by atoms with van der Waals surface area (Å²) in [6.45, 7) is 9.57. The number of carbonyl (C=O) groups is 2. The Morgan fingerprint density at radius 1 is 0.625 bits per heavy atom. The summed E-state index contributed by atoms with van der Waals surface area (Å²) in [7, 11) is -7.23. The van der Waals surface area contributed by atoms with Crippen LogP contribution in [0.5, 0.6) is 0 Å². The van der Waals surface area contributed by atoms with E-state index in [2.05, 4.69) is 9.58 Å². The van der Waals surface area contributed by atoms with Gasteiger partial charge < -0.3 is 11.1 Å². The van der Waals surface area contributed by atoms with Crippen LogP contribution in [0.2, 0.25) is 0 Å². The zero-order valence-electron chi connectivity index (χ0n) is 22.8. The molecule has 0 radical (unpaired) electrons. The Hall–Kier alpha value is -4.08. The van der Waals surface area contributed by atoms with Crippen LogP contribution in [0, 0.1) is 0 Å². The maximum atomic E-state index is 12.6. The number of hydrogen-bond donors (Lipinski definition) is 0. The van der Waals surface area contributed by atoms with Crippen LogP contribution >= 0.6 is 0 Å². The van der Waals surface area contributed by atoms with Gasteiger partial charge in [-0.25, -0.2) is 16.8 Å². The highest BCUT2D eigenvalue weighted by Gasteiger charge is 2.40. The van der Waals surface area contributed by atoms with Crippen molar-refractivity contribution in [3.05, 3.63) is 87.9 Å². The van der Waals surface area contributed by atoms with Crippen LogP contribution in [0.1, 0.15) is 73.4 Å². The van der Waals surface area contributed by atoms with E-state index in [1.165, 1.54) is 36.4 Å². The molecular weight excluding hydrogens is 552 g/mol. The van der Waals surface area contributed by atoms with E-state index in [0.29, 0.717) is 11.1 Å². The molecule has 2 aromatic carbocycles. The van der Waals surface area contributed by atoms with Crippen LogP contribution in [-0.2, 0) is 19.7 Å². The molecule has 0 aliphatic heterocycles. The number of sulfone groups is 2. The van der Waals surface area contributed by atoms with Gasteiger partial charge in [0.2, 0.25) is 0 Å². The van der Waals surface area contributed by atoms with Gasteiger partial charge in [0.05, 0.1) is 25.4 Å². The molecule has 0 aromatic heterocycles. The van der Waals surface area contributed by atoms with Gasteiger partial charge in [0.15, 0.2) is 19.7 Å². The van der Waals surface area contributed by atoms with Crippen molar-refractivity contribution >= 4 is 53.6 Å². The van der Waals surface area contributed by atoms with Crippen molar-refractivity contribution in [2.45, 2.75) is 55.9 Å². The van der Waals surface area contributed by atoms with Crippen LogP contribution in [-0.4, -0.2) is 58.9 Å². The highest BCUT2D eigenvalue weighted by Crippen LogP contribution is 2.35. The van der Waals surface area contributed by atoms with Crippen LogP contribution in [0.15, 0.2) is 59.5 Å². The van der Waals surface area contributed by atoms with E-state index in [0.717, 1.165) is 6.08 Å². The first-order valence-electron chi connectivity index (χ1n) is 12.0. The minimum Gasteiger partial charge on any atom is -0.361 e. The number of ketones is 2. The van der Waals surface area contributed by atoms with Gasteiger partial charge in [0.1, 0.15) is 0 Å². The lowest BCUT2D eigenvalue weighted by Crippen LogP contribution is -2.32. The maximum Gasteiger partial charge on any atom is 0.364 e. The molecule has 208 valence electrons. The molecular formula is C28H28N4O6S2. The minimum atomic E-state index is -3.66. The summed E-state index contributed by atoms with van der Waals surface area (Å²) in [6.07, 6.45) is 3.93. The van der Waals surface area contributed by atoms with E-state index in [1.807, 2.05) is 0 Å². The molecule has 0 spiro atoms. The SMILES string of the molecule is CC(C)(C)S(=O)(=O)C1=CC(=[N+]=[N-])C(=O)c2ccccc21.CC(C)(C)S(=O)(=O)c1cccc2c1C=CC(=[N+]=[N-])C2=O. The summed E-state index contributed by atoms with van der Waals surface area (Å²) in [4.78, 5) is 30.0. The molecule has 2 aliphatic carbocycles. The molecule has 40 heavy (non-hydrogen) atoms. The second kappa shape index (κ2) is 10.5. The first-order chi connectivity index (χ1) is 18.4. The van der Waals surface area contributed by atoms with Crippen LogP contribution in [0.3, 0.4) is 0 Å². The molecule has 12 heteroatoms. The van der Waals surface area contributed by atoms with Crippen molar-refractivity contribution in [3.63, 3.8) is 0 Å². The van der Waals surface area contributed by atoms with Crippen LogP contribution in [0.4, 0.5) is 0 Å². The molecule has 0 saturated heterocycles. The zero-order valence-corrected chi connectivity index (χ0v) is 24.5. The number of hydrogen-bond acceptors (Lipinski definition) is 6. The van der Waals surface area contributed by atoms with E-state index in [1.54, 1.807) is 59.7 Å². The molecule has 0 heterocycles. The number of carbonyl (C=O) groups excluding carboxylic acids is 2. The molecule has 4 rings (SSSR count). The molecule has 0 amide bonds. The van der Waals surface area contributed by atoms with Crippen molar-refractivity contribution < 1.29 is 36.0 Å². The quantitative estimate of drug-likeness (QED) is 0.379. The topological polar surface area (TPSA) is 175 Å². The highest BCUT2D eigenvalue weighted by molar-refractivity contribution is 8.01. The van der Waals surface area contributed by atoms with Crippen molar-refractivity contribution in [3.8, 4) is 0 Å². The minimum absolute atomic E-state index is 0.00741. The predicted octanol–water partition coefficient (Wildman–Crippen LogP) is 4.25. The Balaban J connectivity index is 0.000000220. The molecule has 0 saturated carbocycles. The molecule has 0 fully saturated rings. The van der Waals surface area contributed by atoms with Gasteiger partial charge in [-0.15, -0.1) is 0 Å². The van der Waals surface area contributed by atoms with E-state index < -0.39 is 40.7 Å². The molecule has 2 aliphatic rings. The Bertz CT molecular complexity index is 1830. The number of benzene rings is 2. The highest BCUT2D eigenvalue weighted by atomic mass is 32.2. The average Bonchev–Trinajstić information content (AvgIpc) is 2.88. The van der Waals surface area contributed by atoms with Gasteiger partial charge in [0, 0.05) is 28.3 Å². The van der Waals surface area contributed by atoms with E-state index >= 15 is 0 Å². The number of fused-ring (bicyclic) bond motifs is 2. The standard InChI is InChI=1S/2C14H14N2O3S/c1-14(2,3)20(18,19)12-6-4-5-10-9(12)7-8-11(16-15)13(10)17;1-14(2,3)20(18,19)12-8-11(16-15)13(17)10-7-5-4-6-9(10)12/h2*4-8H,1-3H3. The Morgan fingerprint density at radius 3 is 1.65 bits per heavy atom. The summed E-state index contributed by atoms with van der Waals surface area (Å²) in [5.74, 6) is -0.980. The molecule has 0 N–H and O–H groups in total. The molecule has 0 bridgehead atoms. The average molecular weight is 581 g/mol. The third kappa shape index (κ3) is 5.22. The zero-order chi connectivity index (χ0) is 30.3. The summed E-state index contributed by atoms with van der Waals surface area (Å²) >= 11 is 0. The smallest absolute Gasteiger partial charge is 0.361 e. The number of Topliss-reactive ketones (excluding diaryl/α,β-unsaturated/α-hetero) is 2. The largest absolute Gasteiger partial charge is 0.364 e. The van der Waals surface area contributed by atoms with Gasteiger partial charge >= 0.3 is 11.4 Å². The van der Waals surface area contributed by atoms with Gasteiger partial charge in [-0.2, -0.15) is 9.58 Å². The Morgan fingerprint density at radius 2 is 1.12 bits per heavy atom. The van der Waals surface area contributed by atoms with Crippen molar-refractivity contribution in [2.75, 3.05) is 0 Å². The fourth-order valence-corrected chi connectivity index (χ4v) is 6.64. The Labute approximate surface area is 233 Å². The number of allylic oxidation sites excluding steroid dienone is 2. The second-order valence-corrected chi connectivity index (χ2v) is 16.3. The molecule has 0 unspecified atom stereocenters. The maximum absolute atomic E-state index is 12.6. The van der Waals surface area contributed by atoms with Crippen molar-refractivity contribution in [1.29, 1.82) is 0 Å². The van der Waals surface area contributed by atoms with E-state index in [4.69, 9.17) is 11.1 Å². The third-order valence-corrected chi connectivity index (χ3v) is 11.4. The Kier molecular flexibility index (Phi) is 7.98. The van der Waals surface area contributed by atoms with Crippen LogP contribution < -0.4 is 0 Å². The fourth-order valence-electron chi connectivity index (χ4n) is 3.86. The molecule has 0 atom stereocenters. The van der Waals surface area contributed by atoms with Gasteiger partial charge in [-0.1, -0.05) is 36.4 Å². The predicted molar refractivity (Wildman–Crippen MR) is 151 cm³/mol. The molecule has 2 aromatic rings. The summed E-state index contributed by atoms with van der Waals surface area (Å²) in [5, 5.41) is 0. The first-order valence-corrected chi connectivity index (χ1v) is 15.0. The lowest BCUT2D eigenvalue weighted by atomic mass is 9.95. The first kappa shape index (κ1) is 30.5. The lowest BCUT2D eigenvalue weighted by molar-refractivity contribution is -0.00459. The lowest BCUT2D eigenvalue weighted by Gasteiger charge is -2.23. The second-order valence-electron chi connectivity index (χ2n) is 11.0. The van der Waals surface area contributed by atoms with Gasteiger partial charge in [-0.3, -0.25) is 9.59 Å². The van der Waals surface area contributed by atoms with Crippen molar-refractivity contribution in [2.24, 2.45) is 0 Å². The number of nitrogens with zero attached hydrogens (tertiary/aromatic N) is 4. The van der Waals surface area contributed by atoms with E-state index in [9.17, 15) is 26.4 Å². The molecule has 10 nitrogen and oxygen atoms in total. The summed E-state index contributed by atoms with van der Waals surface area (Å²) in [5.41, 5.74) is 18.4. The summed E-state index contributed by atoms with van der Waals surface area (Å²) < 4.78 is 48.4. The third-order valence-electron chi connectivity index (χ3n) is 6.30. The van der Waals surface area contributed by atoms with Gasteiger partial charge in [0.25, 0.3) is 11.6 Å². The summed E-state index contributed by atoms with van der Waals surface area (Å²) in [6, 6.07) is 10.9.